The van der Waals surface area contributed by atoms with E-state index in [2.05, 4.69) is 55.9 Å². The number of rotatable bonds is 29. The molecule has 5 rings (SSSR count). The number of thioether (sulfide) groups is 1. The summed E-state index contributed by atoms with van der Waals surface area (Å²) in [5.74, 6) is 0.975. The second-order valence-corrected chi connectivity index (χ2v) is 18.0. The van der Waals surface area contributed by atoms with Crippen molar-refractivity contribution < 1.29 is 34.1 Å². The Morgan fingerprint density at radius 3 is 2.25 bits per heavy atom. The maximum absolute atomic E-state index is 14.7. The summed E-state index contributed by atoms with van der Waals surface area (Å²) in [6.45, 7) is 11.9. The van der Waals surface area contributed by atoms with E-state index in [4.69, 9.17) is 24.2 Å². The van der Waals surface area contributed by atoms with Crippen LogP contribution >= 0.6 is 11.8 Å². The Bertz CT molecular complexity index is 1700. The molecule has 0 bridgehead atoms. The number of nitrogens with zero attached hydrogens (tertiary/aromatic N) is 2. The first-order chi connectivity index (χ1) is 29.9. The Kier molecular flexibility index (Phi) is 20.5. The summed E-state index contributed by atoms with van der Waals surface area (Å²) in [5, 5.41) is 24.7. The van der Waals surface area contributed by atoms with Gasteiger partial charge in [0.25, 0.3) is 0 Å². The van der Waals surface area contributed by atoms with Gasteiger partial charge in [-0.1, -0.05) is 95.4 Å². The summed E-state index contributed by atoms with van der Waals surface area (Å²) in [6, 6.07) is 13.8. The Morgan fingerprint density at radius 1 is 0.902 bits per heavy atom. The molecule has 1 aliphatic heterocycles. The van der Waals surface area contributed by atoms with E-state index in [1.165, 1.54) is 43.4 Å². The lowest BCUT2D eigenvalue weighted by Crippen LogP contribution is -2.70. The van der Waals surface area contributed by atoms with Gasteiger partial charge in [0.15, 0.2) is 0 Å². The zero-order chi connectivity index (χ0) is 43.5. The molecule has 6 atom stereocenters. The third kappa shape index (κ3) is 12.7. The van der Waals surface area contributed by atoms with E-state index in [9.17, 15) is 15.0 Å². The molecule has 9 nitrogen and oxygen atoms in total. The minimum Gasteiger partial charge on any atom is -0.459 e. The number of ether oxygens (including phenoxy) is 3. The SMILES string of the molecule is C=CCO[C@@]12Oc3ccc(Oc4ccc(SC)cc4)cc3[C@H]3[C@H](CCCCO)[C@@H](CCCCO)C=C(C(=NOCC)C[C@@H]1N(CCC)C(=O)CCCCCCCCCCC)[C@H]32. The molecule has 3 aliphatic rings. The molecule has 0 spiro atoms. The third-order valence-corrected chi connectivity index (χ3v) is 13.6. The zero-order valence-corrected chi connectivity index (χ0v) is 38.6. The lowest BCUT2D eigenvalue weighted by atomic mass is 9.55. The van der Waals surface area contributed by atoms with E-state index >= 15 is 0 Å². The van der Waals surface area contributed by atoms with Gasteiger partial charge in [0.2, 0.25) is 11.7 Å². The quantitative estimate of drug-likeness (QED) is 0.0360. The predicted molar refractivity (Wildman–Crippen MR) is 249 cm³/mol. The summed E-state index contributed by atoms with van der Waals surface area (Å²) < 4.78 is 21.1. The molecule has 2 aromatic rings. The van der Waals surface area contributed by atoms with Gasteiger partial charge in [-0.3, -0.25) is 4.79 Å². The number of hydrogen-bond donors (Lipinski definition) is 2. The molecule has 2 aliphatic carbocycles. The zero-order valence-electron chi connectivity index (χ0n) is 37.8. The van der Waals surface area contributed by atoms with Crippen molar-refractivity contribution in [3.8, 4) is 17.2 Å². The molecule has 2 aromatic carbocycles. The first kappa shape index (κ1) is 48.7. The van der Waals surface area contributed by atoms with Crippen molar-refractivity contribution in [1.29, 1.82) is 0 Å². The fourth-order valence-corrected chi connectivity index (χ4v) is 10.5. The minimum absolute atomic E-state index is 0.0978. The highest BCUT2D eigenvalue weighted by Crippen LogP contribution is 2.62. The molecule has 1 heterocycles. The number of fused-ring (bicyclic) bond motifs is 2. The third-order valence-electron chi connectivity index (χ3n) is 12.9. The van der Waals surface area contributed by atoms with Crippen molar-refractivity contribution in [2.75, 3.05) is 39.2 Å². The smallest absolute Gasteiger partial charge is 0.239 e. The molecule has 0 aromatic heterocycles. The van der Waals surface area contributed by atoms with E-state index in [0.717, 1.165) is 91.9 Å². The van der Waals surface area contributed by atoms with Crippen molar-refractivity contribution in [1.82, 2.24) is 4.90 Å². The van der Waals surface area contributed by atoms with Gasteiger partial charge in [-0.05, 0) is 112 Å². The van der Waals surface area contributed by atoms with Crippen molar-refractivity contribution in [2.45, 2.75) is 159 Å². The summed E-state index contributed by atoms with van der Waals surface area (Å²) in [4.78, 5) is 23.8. The number of carbonyl (C=O) groups excluding carboxylic acids is 1. The number of oxime groups is 1. The van der Waals surface area contributed by atoms with Gasteiger partial charge < -0.3 is 34.2 Å². The fourth-order valence-electron chi connectivity index (χ4n) is 10.1. The molecule has 1 saturated carbocycles. The average Bonchev–Trinajstić information content (AvgIpc) is 3.27. The van der Waals surface area contributed by atoms with E-state index in [1.807, 2.05) is 31.2 Å². The Balaban J connectivity index is 1.62. The molecule has 0 saturated heterocycles. The monoisotopic (exact) mass is 861 g/mol. The van der Waals surface area contributed by atoms with Gasteiger partial charge in [-0.15, -0.1) is 18.3 Å². The second kappa shape index (κ2) is 25.7. The summed E-state index contributed by atoms with van der Waals surface area (Å²) in [5.41, 5.74) is 2.94. The highest BCUT2D eigenvalue weighted by atomic mass is 32.2. The van der Waals surface area contributed by atoms with Crippen molar-refractivity contribution in [2.24, 2.45) is 22.9 Å². The largest absolute Gasteiger partial charge is 0.459 e. The van der Waals surface area contributed by atoms with E-state index in [0.29, 0.717) is 32.4 Å². The first-order valence-electron chi connectivity index (χ1n) is 23.7. The van der Waals surface area contributed by atoms with Crippen LogP contribution in [0.1, 0.15) is 148 Å². The van der Waals surface area contributed by atoms with E-state index in [1.54, 1.807) is 17.8 Å². The van der Waals surface area contributed by atoms with Gasteiger partial charge in [0.1, 0.15) is 29.9 Å². The minimum atomic E-state index is -1.24. The number of aliphatic hydroxyl groups is 2. The predicted octanol–water partition coefficient (Wildman–Crippen LogP) is 12.0. The number of allylic oxidation sites excluding steroid dienone is 1. The van der Waals surface area contributed by atoms with Crippen LogP contribution in [-0.4, -0.2) is 77.8 Å². The Hall–Kier alpha value is -3.31. The molecule has 0 radical (unpaired) electrons. The van der Waals surface area contributed by atoms with Gasteiger partial charge in [0.05, 0.1) is 18.2 Å². The Morgan fingerprint density at radius 2 is 1.59 bits per heavy atom. The van der Waals surface area contributed by atoms with Crippen LogP contribution in [-0.2, 0) is 14.4 Å². The van der Waals surface area contributed by atoms with Crippen LogP contribution in [0.4, 0.5) is 0 Å². The molecule has 338 valence electrons. The lowest BCUT2D eigenvalue weighted by Gasteiger charge is -2.60. The fraction of sp³-hybridized carbons (Fsp3) is 0.647. The summed E-state index contributed by atoms with van der Waals surface area (Å²) >= 11 is 1.70. The molecule has 0 unspecified atom stereocenters. The van der Waals surface area contributed by atoms with Crippen LogP contribution in [0.25, 0.3) is 0 Å². The van der Waals surface area contributed by atoms with Gasteiger partial charge in [0, 0.05) is 49.0 Å². The van der Waals surface area contributed by atoms with Crippen LogP contribution in [0.15, 0.2) is 76.8 Å². The lowest BCUT2D eigenvalue weighted by molar-refractivity contribution is -0.257. The van der Waals surface area contributed by atoms with Gasteiger partial charge in [-0.2, -0.15) is 0 Å². The normalized spacial score (nSPS) is 23.4. The van der Waals surface area contributed by atoms with Gasteiger partial charge >= 0.3 is 0 Å². The maximum Gasteiger partial charge on any atom is 0.239 e. The van der Waals surface area contributed by atoms with Crippen LogP contribution in [0.5, 0.6) is 17.2 Å². The molecule has 2 N–H and O–H groups in total. The maximum atomic E-state index is 14.7. The number of unbranched alkanes of at least 4 members (excludes halogenated alkanes) is 10. The average molecular weight is 861 g/mol. The second-order valence-electron chi connectivity index (χ2n) is 17.1. The van der Waals surface area contributed by atoms with E-state index < -0.39 is 11.8 Å². The van der Waals surface area contributed by atoms with E-state index in [-0.39, 0.29) is 49.4 Å². The number of carbonyl (C=O) groups is 1. The van der Waals surface area contributed by atoms with Crippen LogP contribution in [0, 0.1) is 17.8 Å². The van der Waals surface area contributed by atoms with Crippen LogP contribution in [0.2, 0.25) is 0 Å². The molecule has 1 amide bonds. The van der Waals surface area contributed by atoms with Crippen molar-refractivity contribution >= 4 is 23.4 Å². The van der Waals surface area contributed by atoms with Gasteiger partial charge in [-0.25, -0.2) is 0 Å². The van der Waals surface area contributed by atoms with Crippen molar-refractivity contribution in [3.05, 3.63) is 72.3 Å². The summed E-state index contributed by atoms with van der Waals surface area (Å²) in [6.07, 6.45) is 23.6. The molecule has 1 fully saturated rings. The first-order valence-corrected chi connectivity index (χ1v) is 24.9. The highest BCUT2D eigenvalue weighted by Gasteiger charge is 2.65. The number of hydrogen-bond acceptors (Lipinski definition) is 9. The van der Waals surface area contributed by atoms with Crippen LogP contribution < -0.4 is 9.47 Å². The highest BCUT2D eigenvalue weighted by molar-refractivity contribution is 7.98. The molecule has 10 heteroatoms. The number of amides is 1. The standard InChI is InChI=1S/C51H76N2O7S/c1-6-10-11-12-13-14-15-16-17-24-48(56)53(31-7-2)47-37-45(52-58-9-4)43-35-38(22-18-20-32-54)42(23-19-21-33-55)49-44-36-40(59-39-25-28-41(61-5)29-26-39)27-30-46(44)60-51(47,50(43)49)57-34-8-3/h8,25-30,35-36,38,42,47,49-50,54-55H,3,6-7,9-24,31-34,37H2,1-2,4-5H3/t38-,42+,47-,49+,50+,51+/m0/s1. The number of benzene rings is 2. The topological polar surface area (TPSA) is 110 Å². The molecule has 61 heavy (non-hydrogen) atoms. The molecular weight excluding hydrogens is 785 g/mol. The molecular formula is C51H76N2O7S. The number of aliphatic hydroxyl groups excluding tert-OH is 2. The van der Waals surface area contributed by atoms with Crippen molar-refractivity contribution in [3.63, 3.8) is 0 Å². The van der Waals surface area contributed by atoms with Crippen LogP contribution in [0.3, 0.4) is 0 Å². The summed E-state index contributed by atoms with van der Waals surface area (Å²) in [7, 11) is 0. The Labute approximate surface area is 371 Å².